The lowest BCUT2D eigenvalue weighted by atomic mass is 10.2. The molecule has 0 fully saturated rings. The number of nitrogens with zero attached hydrogens (tertiary/aromatic N) is 4. The van der Waals surface area contributed by atoms with Crippen molar-refractivity contribution >= 4 is 17.7 Å². The molecule has 2 aliphatic rings. The molecule has 2 rings (SSSR count). The van der Waals surface area contributed by atoms with Gasteiger partial charge in [-0.1, -0.05) is 0 Å². The van der Waals surface area contributed by atoms with Gasteiger partial charge in [-0.3, -0.25) is 0 Å². The van der Waals surface area contributed by atoms with E-state index in [1.807, 2.05) is 0 Å². The van der Waals surface area contributed by atoms with Crippen LogP contribution in [0.25, 0.3) is 0 Å². The van der Waals surface area contributed by atoms with Gasteiger partial charge in [0.1, 0.15) is 12.0 Å². The van der Waals surface area contributed by atoms with Gasteiger partial charge in [-0.05, 0) is 0 Å². The summed E-state index contributed by atoms with van der Waals surface area (Å²) in [4.78, 5) is 17.4. The molecular weight excluding hydrogens is 146 g/mol. The smallest absolute Gasteiger partial charge is 0.371 e. The second-order valence-corrected chi connectivity index (χ2v) is 1.90. The van der Waals surface area contributed by atoms with E-state index >= 15 is 0 Å². The topological polar surface area (TPSA) is 92.5 Å². The molecule has 2 aliphatic heterocycles. The van der Waals surface area contributed by atoms with Crippen LogP contribution in [0.1, 0.15) is 0 Å². The molecule has 0 spiro atoms. The molecule has 0 aromatic heterocycles. The molecule has 0 unspecified atom stereocenters. The Kier molecular flexibility index (Phi) is 0.974. The van der Waals surface area contributed by atoms with Gasteiger partial charge in [0.15, 0.2) is 5.84 Å². The molecule has 2 amide bonds. The molecule has 0 aromatic carbocycles. The van der Waals surface area contributed by atoms with Crippen LogP contribution in [0.4, 0.5) is 4.79 Å². The van der Waals surface area contributed by atoms with Crippen LogP contribution in [0.5, 0.6) is 0 Å². The summed E-state index contributed by atoms with van der Waals surface area (Å²) in [7, 11) is 0. The highest BCUT2D eigenvalue weighted by Gasteiger charge is 2.22. The van der Waals surface area contributed by atoms with Crippen LogP contribution in [0, 0.1) is 6.20 Å². The summed E-state index contributed by atoms with van der Waals surface area (Å²) < 4.78 is 0. The van der Waals surface area contributed by atoms with E-state index in [9.17, 15) is 4.79 Å². The SMILES string of the molecule is NC1=NC(=O)N=C2N=N[C]=C12. The number of hydrogen-bond acceptors (Lipinski definition) is 4. The number of rotatable bonds is 0. The molecule has 0 saturated carbocycles. The van der Waals surface area contributed by atoms with E-state index in [0.717, 1.165) is 0 Å². The fourth-order valence-electron chi connectivity index (χ4n) is 0.747. The van der Waals surface area contributed by atoms with Crippen molar-refractivity contribution in [3.8, 4) is 0 Å². The highest BCUT2D eigenvalue weighted by Crippen LogP contribution is 2.12. The Bertz CT molecular complexity index is 348. The van der Waals surface area contributed by atoms with E-state index < -0.39 is 6.03 Å². The summed E-state index contributed by atoms with van der Waals surface area (Å²) in [5, 5.41) is 6.91. The number of aliphatic imine (C=N–C) groups is 2. The monoisotopic (exact) mass is 148 g/mol. The molecule has 6 heteroatoms. The Balaban J connectivity index is 2.54. The second-order valence-electron chi connectivity index (χ2n) is 1.90. The number of carbonyl (C=O) groups excluding carboxylic acids is 1. The number of fused-ring (bicyclic) bond motifs is 1. The molecule has 0 aliphatic carbocycles. The van der Waals surface area contributed by atoms with Gasteiger partial charge < -0.3 is 5.73 Å². The summed E-state index contributed by atoms with van der Waals surface area (Å²) in [6, 6.07) is -0.649. The number of azo groups is 1. The first-order valence-corrected chi connectivity index (χ1v) is 2.78. The fourth-order valence-corrected chi connectivity index (χ4v) is 0.747. The Hall–Kier alpha value is -1.85. The molecule has 0 bridgehead atoms. The zero-order valence-corrected chi connectivity index (χ0v) is 5.27. The van der Waals surface area contributed by atoms with Crippen molar-refractivity contribution in [3.63, 3.8) is 0 Å². The van der Waals surface area contributed by atoms with E-state index in [-0.39, 0.29) is 11.7 Å². The largest absolute Gasteiger partial charge is 0.383 e. The predicted molar refractivity (Wildman–Crippen MR) is 36.1 cm³/mol. The van der Waals surface area contributed by atoms with E-state index in [2.05, 4.69) is 26.4 Å². The van der Waals surface area contributed by atoms with Crippen molar-refractivity contribution in [1.82, 2.24) is 0 Å². The van der Waals surface area contributed by atoms with Crippen molar-refractivity contribution < 1.29 is 4.79 Å². The Morgan fingerprint density at radius 3 is 3.00 bits per heavy atom. The number of amides is 2. The van der Waals surface area contributed by atoms with E-state index in [1.165, 1.54) is 0 Å². The Morgan fingerprint density at radius 2 is 2.18 bits per heavy atom. The highest BCUT2D eigenvalue weighted by molar-refractivity contribution is 6.28. The van der Waals surface area contributed by atoms with Crippen LogP contribution < -0.4 is 5.73 Å². The second kappa shape index (κ2) is 1.82. The standard InChI is InChI=1S/C5H2N5O/c6-3-2-1-7-10-4(2)9-5(11)8-3/h(H2,6,8,11). The van der Waals surface area contributed by atoms with Crippen molar-refractivity contribution in [3.05, 3.63) is 11.8 Å². The van der Waals surface area contributed by atoms with Crippen molar-refractivity contribution in [2.24, 2.45) is 25.9 Å². The van der Waals surface area contributed by atoms with Gasteiger partial charge in [0.2, 0.25) is 0 Å². The normalized spacial score (nSPS) is 20.7. The van der Waals surface area contributed by atoms with Gasteiger partial charge in [-0.15, -0.1) is 10.2 Å². The first kappa shape index (κ1) is 5.90. The molecule has 2 N–H and O–H groups in total. The number of hydrogen-bond donors (Lipinski definition) is 1. The van der Waals surface area contributed by atoms with Crippen LogP contribution in [0.3, 0.4) is 0 Å². The van der Waals surface area contributed by atoms with Crippen LogP contribution in [-0.2, 0) is 0 Å². The van der Waals surface area contributed by atoms with Crippen LogP contribution in [-0.4, -0.2) is 17.7 Å². The fraction of sp³-hybridized carbons (Fsp3) is 0. The maximum Gasteiger partial charge on any atom is 0.371 e. The van der Waals surface area contributed by atoms with E-state index in [4.69, 9.17) is 5.73 Å². The van der Waals surface area contributed by atoms with Gasteiger partial charge >= 0.3 is 6.03 Å². The quantitative estimate of drug-likeness (QED) is 0.524. The zero-order chi connectivity index (χ0) is 7.84. The molecule has 11 heavy (non-hydrogen) atoms. The first-order chi connectivity index (χ1) is 5.27. The number of carbonyl (C=O) groups is 1. The highest BCUT2D eigenvalue weighted by atomic mass is 16.2. The zero-order valence-electron chi connectivity index (χ0n) is 5.27. The van der Waals surface area contributed by atoms with Crippen LogP contribution in [0.15, 0.2) is 25.8 Å². The molecule has 1 radical (unpaired) electrons. The van der Waals surface area contributed by atoms with E-state index in [1.54, 1.807) is 0 Å². The van der Waals surface area contributed by atoms with Gasteiger partial charge in [0.25, 0.3) is 0 Å². The van der Waals surface area contributed by atoms with Crippen molar-refractivity contribution in [2.45, 2.75) is 0 Å². The van der Waals surface area contributed by atoms with Gasteiger partial charge in [0, 0.05) is 0 Å². The molecular formula is C5H2N5O. The lowest BCUT2D eigenvalue weighted by Crippen LogP contribution is -2.24. The third-order valence-corrected chi connectivity index (χ3v) is 1.20. The number of nitrogens with two attached hydrogens (primary N) is 1. The lowest BCUT2D eigenvalue weighted by molar-refractivity contribution is 0.257. The number of amidine groups is 2. The minimum atomic E-state index is -0.649. The van der Waals surface area contributed by atoms with Gasteiger partial charge in [0.05, 0.1) is 5.57 Å². The minimum absolute atomic E-state index is 0.0741. The summed E-state index contributed by atoms with van der Waals surface area (Å²) in [5.41, 5.74) is 5.73. The van der Waals surface area contributed by atoms with Crippen LogP contribution >= 0.6 is 0 Å². The maximum atomic E-state index is 10.6. The summed E-state index contributed by atoms with van der Waals surface area (Å²) in [6.07, 6.45) is 2.47. The molecule has 6 nitrogen and oxygen atoms in total. The molecule has 2 heterocycles. The third kappa shape index (κ3) is 0.759. The van der Waals surface area contributed by atoms with Gasteiger partial charge in [-0.2, -0.15) is 9.98 Å². The average Bonchev–Trinajstić information content (AvgIpc) is 2.34. The first-order valence-electron chi connectivity index (χ1n) is 2.78. The molecule has 0 saturated heterocycles. The van der Waals surface area contributed by atoms with Crippen molar-refractivity contribution in [2.75, 3.05) is 0 Å². The lowest BCUT2D eigenvalue weighted by Gasteiger charge is -2.02. The van der Waals surface area contributed by atoms with Crippen LogP contribution in [0.2, 0.25) is 0 Å². The maximum absolute atomic E-state index is 10.6. The van der Waals surface area contributed by atoms with Gasteiger partial charge in [-0.25, -0.2) is 4.79 Å². The van der Waals surface area contributed by atoms with E-state index in [0.29, 0.717) is 5.57 Å². The summed E-state index contributed by atoms with van der Waals surface area (Å²) in [5.74, 6) is 0.271. The predicted octanol–water partition coefficient (Wildman–Crippen LogP) is 0.0286. The third-order valence-electron chi connectivity index (χ3n) is 1.20. The molecule has 0 aromatic rings. The van der Waals surface area contributed by atoms with Crippen molar-refractivity contribution in [1.29, 1.82) is 0 Å². The number of urea groups is 1. The minimum Gasteiger partial charge on any atom is -0.383 e. The average molecular weight is 148 g/mol. The molecule has 0 atom stereocenters. The Labute approximate surface area is 61.2 Å². The molecule has 53 valence electrons. The summed E-state index contributed by atoms with van der Waals surface area (Å²) in [6.45, 7) is 0. The Morgan fingerprint density at radius 1 is 1.36 bits per heavy atom. The summed E-state index contributed by atoms with van der Waals surface area (Å²) >= 11 is 0.